The Morgan fingerprint density at radius 1 is 1.05 bits per heavy atom. The van der Waals surface area contributed by atoms with Crippen LogP contribution >= 0.6 is 39.1 Å². The molecule has 0 amide bonds. The number of alkyl halides is 1. The highest BCUT2D eigenvalue weighted by molar-refractivity contribution is 9.09. The van der Waals surface area contributed by atoms with Gasteiger partial charge in [0.05, 0.1) is 17.2 Å². The number of hydrogen-bond donors (Lipinski definition) is 0. The standard InChI is InChI=1S/C17H17BrCl2O/c1-10-6-13(7-11(2)17(10)21-3)14(18)8-12-4-5-15(19)16(20)9-12/h4-7,9,14H,8H2,1-3H3. The zero-order valence-corrected chi connectivity index (χ0v) is 15.3. The Labute approximate surface area is 144 Å². The quantitative estimate of drug-likeness (QED) is 0.559. The minimum Gasteiger partial charge on any atom is -0.496 e. The third kappa shape index (κ3) is 3.94. The summed E-state index contributed by atoms with van der Waals surface area (Å²) >= 11 is 15.8. The van der Waals surface area contributed by atoms with E-state index in [2.05, 4.69) is 41.9 Å². The van der Waals surface area contributed by atoms with Crippen LogP contribution in [-0.2, 0) is 6.42 Å². The van der Waals surface area contributed by atoms with Gasteiger partial charge in [-0.05, 0) is 54.7 Å². The molecule has 0 heterocycles. The minimum absolute atomic E-state index is 0.220. The highest BCUT2D eigenvalue weighted by Gasteiger charge is 2.13. The summed E-state index contributed by atoms with van der Waals surface area (Å²) in [6.07, 6.45) is 0.849. The second-order valence-corrected chi connectivity index (χ2v) is 7.03. The van der Waals surface area contributed by atoms with Gasteiger partial charge in [0.1, 0.15) is 5.75 Å². The highest BCUT2D eigenvalue weighted by Crippen LogP contribution is 2.34. The molecular weight excluding hydrogens is 371 g/mol. The first kappa shape index (κ1) is 16.7. The first-order valence-corrected chi connectivity index (χ1v) is 8.32. The zero-order chi connectivity index (χ0) is 15.6. The molecule has 0 saturated heterocycles. The Bertz CT molecular complexity index is 632. The van der Waals surface area contributed by atoms with E-state index in [9.17, 15) is 0 Å². The van der Waals surface area contributed by atoms with Gasteiger partial charge in [-0.1, -0.05) is 57.3 Å². The highest BCUT2D eigenvalue weighted by atomic mass is 79.9. The monoisotopic (exact) mass is 386 g/mol. The van der Waals surface area contributed by atoms with Gasteiger partial charge in [-0.15, -0.1) is 0 Å². The summed E-state index contributed by atoms with van der Waals surface area (Å²) in [7, 11) is 1.70. The molecule has 2 aromatic carbocycles. The van der Waals surface area contributed by atoms with Crippen molar-refractivity contribution in [2.24, 2.45) is 0 Å². The van der Waals surface area contributed by atoms with Gasteiger partial charge in [0.2, 0.25) is 0 Å². The van der Waals surface area contributed by atoms with Gasteiger partial charge in [0.25, 0.3) is 0 Å². The third-order valence-corrected chi connectivity index (χ3v) is 5.04. The number of hydrogen-bond acceptors (Lipinski definition) is 1. The molecule has 21 heavy (non-hydrogen) atoms. The number of aryl methyl sites for hydroxylation is 2. The van der Waals surface area contributed by atoms with Crippen LogP contribution in [0.1, 0.15) is 27.1 Å². The van der Waals surface area contributed by atoms with Gasteiger partial charge in [-0.2, -0.15) is 0 Å². The number of ether oxygens (including phenoxy) is 1. The number of halogens is 3. The molecule has 112 valence electrons. The Morgan fingerprint density at radius 3 is 2.19 bits per heavy atom. The van der Waals surface area contributed by atoms with Crippen LogP contribution in [0.4, 0.5) is 0 Å². The van der Waals surface area contributed by atoms with Gasteiger partial charge in [-0.25, -0.2) is 0 Å². The maximum atomic E-state index is 6.07. The number of benzene rings is 2. The van der Waals surface area contributed by atoms with Crippen molar-refractivity contribution in [3.05, 3.63) is 62.6 Å². The Hall–Kier alpha value is -0.700. The fourth-order valence-corrected chi connectivity index (χ4v) is 3.44. The first-order valence-electron chi connectivity index (χ1n) is 6.65. The van der Waals surface area contributed by atoms with Crippen molar-refractivity contribution in [3.63, 3.8) is 0 Å². The molecule has 1 nitrogen and oxygen atoms in total. The van der Waals surface area contributed by atoms with E-state index in [1.165, 1.54) is 5.56 Å². The molecule has 0 N–H and O–H groups in total. The first-order chi connectivity index (χ1) is 9.92. The molecule has 0 bridgehead atoms. The molecule has 0 saturated carbocycles. The van der Waals surface area contributed by atoms with E-state index in [0.717, 1.165) is 28.9 Å². The zero-order valence-electron chi connectivity index (χ0n) is 12.2. The minimum atomic E-state index is 0.220. The van der Waals surface area contributed by atoms with Crippen molar-refractivity contribution < 1.29 is 4.74 Å². The molecule has 2 rings (SSSR count). The molecule has 1 unspecified atom stereocenters. The molecule has 0 aromatic heterocycles. The molecule has 0 aliphatic heterocycles. The molecule has 4 heteroatoms. The Morgan fingerprint density at radius 2 is 1.67 bits per heavy atom. The Kier molecular flexibility index (Phi) is 5.59. The lowest BCUT2D eigenvalue weighted by Crippen LogP contribution is -1.99. The molecule has 2 aromatic rings. The van der Waals surface area contributed by atoms with Crippen LogP contribution < -0.4 is 4.74 Å². The third-order valence-electron chi connectivity index (χ3n) is 3.45. The molecule has 0 aliphatic carbocycles. The van der Waals surface area contributed by atoms with Crippen molar-refractivity contribution in [3.8, 4) is 5.75 Å². The predicted molar refractivity (Wildman–Crippen MR) is 94.3 cm³/mol. The average molecular weight is 388 g/mol. The van der Waals surface area contributed by atoms with Gasteiger partial charge >= 0.3 is 0 Å². The van der Waals surface area contributed by atoms with Crippen molar-refractivity contribution in [1.82, 2.24) is 0 Å². The SMILES string of the molecule is COc1c(C)cc(C(Br)Cc2ccc(Cl)c(Cl)c2)cc1C. The fourth-order valence-electron chi connectivity index (χ4n) is 2.48. The van der Waals surface area contributed by atoms with E-state index in [1.807, 2.05) is 18.2 Å². The molecular formula is C17H17BrCl2O. The largest absolute Gasteiger partial charge is 0.496 e. The summed E-state index contributed by atoms with van der Waals surface area (Å²) in [6.45, 7) is 4.13. The lowest BCUT2D eigenvalue weighted by molar-refractivity contribution is 0.408. The van der Waals surface area contributed by atoms with E-state index in [-0.39, 0.29) is 4.83 Å². The molecule has 0 spiro atoms. The fraction of sp³-hybridized carbons (Fsp3) is 0.294. The van der Waals surface area contributed by atoms with Crippen LogP contribution in [0.25, 0.3) is 0 Å². The van der Waals surface area contributed by atoms with E-state index in [1.54, 1.807) is 7.11 Å². The summed E-state index contributed by atoms with van der Waals surface area (Å²) < 4.78 is 5.41. The van der Waals surface area contributed by atoms with E-state index in [0.29, 0.717) is 10.0 Å². The average Bonchev–Trinajstić information content (AvgIpc) is 2.42. The molecule has 0 radical (unpaired) electrons. The topological polar surface area (TPSA) is 9.23 Å². The Balaban J connectivity index is 2.24. The number of rotatable bonds is 4. The van der Waals surface area contributed by atoms with Crippen molar-refractivity contribution in [2.45, 2.75) is 25.1 Å². The van der Waals surface area contributed by atoms with E-state index < -0.39 is 0 Å². The van der Waals surface area contributed by atoms with Crippen LogP contribution in [-0.4, -0.2) is 7.11 Å². The van der Waals surface area contributed by atoms with Crippen molar-refractivity contribution in [1.29, 1.82) is 0 Å². The van der Waals surface area contributed by atoms with Crippen LogP contribution in [0.3, 0.4) is 0 Å². The molecule has 0 fully saturated rings. The predicted octanol–water partition coefficient (Wildman–Crippen LogP) is 6.30. The molecule has 0 aliphatic rings. The van der Waals surface area contributed by atoms with Crippen molar-refractivity contribution >= 4 is 39.1 Å². The van der Waals surface area contributed by atoms with Gasteiger partial charge in [0, 0.05) is 4.83 Å². The van der Waals surface area contributed by atoms with E-state index in [4.69, 9.17) is 27.9 Å². The second kappa shape index (κ2) is 7.04. The van der Waals surface area contributed by atoms with Crippen LogP contribution in [0.2, 0.25) is 10.0 Å². The summed E-state index contributed by atoms with van der Waals surface area (Å²) in [4.78, 5) is 0.220. The van der Waals surface area contributed by atoms with Gasteiger partial charge in [-0.3, -0.25) is 0 Å². The normalized spacial score (nSPS) is 12.3. The maximum Gasteiger partial charge on any atom is 0.124 e. The summed E-state index contributed by atoms with van der Waals surface area (Å²) in [5, 5.41) is 1.18. The number of methoxy groups -OCH3 is 1. The van der Waals surface area contributed by atoms with Crippen LogP contribution in [0, 0.1) is 13.8 Å². The van der Waals surface area contributed by atoms with Gasteiger partial charge < -0.3 is 4.74 Å². The van der Waals surface area contributed by atoms with Crippen LogP contribution in [0.5, 0.6) is 5.75 Å². The maximum absolute atomic E-state index is 6.07. The summed E-state index contributed by atoms with van der Waals surface area (Å²) in [5.74, 6) is 0.952. The smallest absolute Gasteiger partial charge is 0.124 e. The summed E-state index contributed by atoms with van der Waals surface area (Å²) in [5.41, 5.74) is 4.67. The van der Waals surface area contributed by atoms with Gasteiger partial charge in [0.15, 0.2) is 0 Å². The lowest BCUT2D eigenvalue weighted by Gasteiger charge is -2.15. The van der Waals surface area contributed by atoms with Crippen molar-refractivity contribution in [2.75, 3.05) is 7.11 Å². The molecule has 1 atom stereocenters. The lowest BCUT2D eigenvalue weighted by atomic mass is 9.99. The second-order valence-electron chi connectivity index (χ2n) is 5.11. The van der Waals surface area contributed by atoms with Crippen LogP contribution in [0.15, 0.2) is 30.3 Å². The van der Waals surface area contributed by atoms with E-state index >= 15 is 0 Å². The summed E-state index contributed by atoms with van der Waals surface area (Å²) in [6, 6.07) is 10.1.